The molecule has 0 aromatic heterocycles. The van der Waals surface area contributed by atoms with E-state index >= 15 is 0 Å². The molecule has 1 aromatic carbocycles. The summed E-state index contributed by atoms with van der Waals surface area (Å²) in [6.45, 7) is 4.76. The first-order chi connectivity index (χ1) is 10.2. The molecule has 0 bridgehead atoms. The van der Waals surface area contributed by atoms with Gasteiger partial charge in [0.2, 0.25) is 0 Å². The van der Waals surface area contributed by atoms with Crippen molar-refractivity contribution in [3.8, 4) is 11.8 Å². The molecule has 1 atom stereocenters. The Morgan fingerprint density at radius 1 is 1.59 bits per heavy atom. The minimum absolute atomic E-state index is 0.0623. The second-order valence-electron chi connectivity index (χ2n) is 5.17. The van der Waals surface area contributed by atoms with Crippen LogP contribution in [0.4, 0.5) is 5.69 Å². The van der Waals surface area contributed by atoms with Crippen LogP contribution in [0.1, 0.15) is 20.8 Å². The smallest absolute Gasteiger partial charge is 0.312 e. The van der Waals surface area contributed by atoms with Crippen LogP contribution in [0.25, 0.3) is 0 Å². The van der Waals surface area contributed by atoms with Crippen LogP contribution in [0.5, 0.6) is 5.75 Å². The van der Waals surface area contributed by atoms with Gasteiger partial charge < -0.3 is 10.1 Å². The number of rotatable bonds is 6. The van der Waals surface area contributed by atoms with E-state index in [1.54, 1.807) is 20.8 Å². The average molecular weight is 326 g/mol. The maximum absolute atomic E-state index is 11.9. The maximum Gasteiger partial charge on any atom is 0.312 e. The van der Waals surface area contributed by atoms with Crippen molar-refractivity contribution in [1.82, 2.24) is 5.32 Å². The van der Waals surface area contributed by atoms with Gasteiger partial charge in [-0.25, -0.2) is 0 Å². The molecule has 0 unspecified atom stereocenters. The Morgan fingerprint density at radius 3 is 2.73 bits per heavy atom. The topological polar surface area (TPSA) is 105 Å². The van der Waals surface area contributed by atoms with Crippen molar-refractivity contribution in [2.75, 3.05) is 6.61 Å². The first-order valence-electron chi connectivity index (χ1n) is 6.48. The van der Waals surface area contributed by atoms with Gasteiger partial charge in [-0.15, -0.1) is 0 Å². The minimum atomic E-state index is -1.04. The number of hydrogen-bond donors (Lipinski definition) is 1. The lowest BCUT2D eigenvalue weighted by molar-refractivity contribution is -0.385. The lowest BCUT2D eigenvalue weighted by Crippen LogP contribution is -2.50. The monoisotopic (exact) mass is 325 g/mol. The highest BCUT2D eigenvalue weighted by Gasteiger charge is 2.30. The van der Waals surface area contributed by atoms with Gasteiger partial charge in [-0.2, -0.15) is 5.26 Å². The molecule has 0 aliphatic carbocycles. The van der Waals surface area contributed by atoms with E-state index in [2.05, 4.69) is 5.32 Å². The Morgan fingerprint density at radius 2 is 2.23 bits per heavy atom. The van der Waals surface area contributed by atoms with E-state index in [0.29, 0.717) is 0 Å². The number of nitrogens with zero attached hydrogens (tertiary/aromatic N) is 2. The van der Waals surface area contributed by atoms with Crippen LogP contribution in [0.2, 0.25) is 5.02 Å². The van der Waals surface area contributed by atoms with Crippen LogP contribution in [-0.4, -0.2) is 23.0 Å². The van der Waals surface area contributed by atoms with Crippen molar-refractivity contribution in [1.29, 1.82) is 5.26 Å². The number of carbonyl (C=O) groups is 1. The van der Waals surface area contributed by atoms with Crippen molar-refractivity contribution in [2.24, 2.45) is 5.92 Å². The Kier molecular flexibility index (Phi) is 5.71. The Hall–Kier alpha value is -2.33. The lowest BCUT2D eigenvalue weighted by Gasteiger charge is -2.27. The van der Waals surface area contributed by atoms with Gasteiger partial charge in [0.05, 0.1) is 11.0 Å². The quantitative estimate of drug-likeness (QED) is 0.639. The summed E-state index contributed by atoms with van der Waals surface area (Å²) in [6, 6.07) is 5.92. The third-order valence-corrected chi connectivity index (χ3v) is 3.50. The van der Waals surface area contributed by atoms with Gasteiger partial charge in [-0.1, -0.05) is 25.4 Å². The number of hydrogen-bond acceptors (Lipinski definition) is 5. The molecule has 8 heteroatoms. The molecule has 0 aliphatic heterocycles. The average Bonchev–Trinajstić information content (AvgIpc) is 2.45. The molecular formula is C14H16ClN3O4. The van der Waals surface area contributed by atoms with Crippen molar-refractivity contribution in [2.45, 2.75) is 26.3 Å². The van der Waals surface area contributed by atoms with Crippen molar-refractivity contribution in [3.05, 3.63) is 33.3 Å². The molecule has 0 heterocycles. The largest absolute Gasteiger partial charge is 0.477 e. The summed E-state index contributed by atoms with van der Waals surface area (Å²) in [5.74, 6) is -0.707. The van der Waals surface area contributed by atoms with Gasteiger partial charge in [0.25, 0.3) is 5.91 Å². The van der Waals surface area contributed by atoms with Gasteiger partial charge in [0.15, 0.2) is 12.4 Å². The standard InChI is InChI=1S/C14H16ClN3O4/c1-9(2)14(3,8-16)17-13(19)7-22-12-5-4-10(15)6-11(12)18(20)21/h4-6,9H,7H2,1-3H3,(H,17,19)/t14-/m1/s1. The molecule has 0 spiro atoms. The van der Waals surface area contributed by atoms with E-state index in [1.807, 2.05) is 6.07 Å². The van der Waals surface area contributed by atoms with E-state index in [9.17, 15) is 14.9 Å². The third kappa shape index (κ3) is 4.33. The molecule has 1 rings (SSSR count). The Balaban J connectivity index is 2.77. The van der Waals surface area contributed by atoms with Crippen LogP contribution in [0.15, 0.2) is 18.2 Å². The number of nitro benzene ring substituents is 1. The van der Waals surface area contributed by atoms with Gasteiger partial charge in [-0.05, 0) is 25.0 Å². The molecule has 0 radical (unpaired) electrons. The predicted molar refractivity (Wildman–Crippen MR) is 80.6 cm³/mol. The minimum Gasteiger partial charge on any atom is -0.477 e. The number of amides is 1. The van der Waals surface area contributed by atoms with E-state index in [-0.39, 0.29) is 22.4 Å². The highest BCUT2D eigenvalue weighted by atomic mass is 35.5. The van der Waals surface area contributed by atoms with Crippen LogP contribution in [0.3, 0.4) is 0 Å². The fourth-order valence-corrected chi connectivity index (χ4v) is 1.69. The van der Waals surface area contributed by atoms with E-state index < -0.39 is 23.0 Å². The zero-order valence-electron chi connectivity index (χ0n) is 12.4. The lowest BCUT2D eigenvalue weighted by atomic mass is 9.90. The Labute approximate surface area is 133 Å². The van der Waals surface area contributed by atoms with Crippen LogP contribution >= 0.6 is 11.6 Å². The second kappa shape index (κ2) is 7.09. The number of halogens is 1. The summed E-state index contributed by atoms with van der Waals surface area (Å²) in [7, 11) is 0. The maximum atomic E-state index is 11.9. The number of ether oxygens (including phenoxy) is 1. The second-order valence-corrected chi connectivity index (χ2v) is 5.61. The summed E-state index contributed by atoms with van der Waals surface area (Å²) in [5, 5.41) is 22.8. The molecule has 0 saturated carbocycles. The third-order valence-electron chi connectivity index (χ3n) is 3.26. The first-order valence-corrected chi connectivity index (χ1v) is 6.86. The summed E-state index contributed by atoms with van der Waals surface area (Å²) in [5.41, 5.74) is -1.36. The van der Waals surface area contributed by atoms with E-state index in [4.69, 9.17) is 21.6 Å². The normalized spacial score (nSPS) is 13.1. The molecule has 0 aliphatic rings. The number of carbonyl (C=O) groups excluding carboxylic acids is 1. The van der Waals surface area contributed by atoms with Crippen LogP contribution in [0, 0.1) is 27.4 Å². The molecule has 1 amide bonds. The highest BCUT2D eigenvalue weighted by molar-refractivity contribution is 6.30. The van der Waals surface area contributed by atoms with E-state index in [0.717, 1.165) is 6.07 Å². The number of nitro groups is 1. The first kappa shape index (κ1) is 17.7. The highest BCUT2D eigenvalue weighted by Crippen LogP contribution is 2.29. The summed E-state index contributed by atoms with van der Waals surface area (Å²) >= 11 is 5.69. The number of nitrogens with one attached hydrogen (secondary N) is 1. The number of nitriles is 1. The van der Waals surface area contributed by atoms with Crippen LogP contribution in [-0.2, 0) is 4.79 Å². The van der Waals surface area contributed by atoms with Crippen molar-refractivity contribution < 1.29 is 14.5 Å². The van der Waals surface area contributed by atoms with Crippen LogP contribution < -0.4 is 10.1 Å². The number of benzene rings is 1. The van der Waals surface area contributed by atoms with E-state index in [1.165, 1.54) is 12.1 Å². The summed E-state index contributed by atoms with van der Waals surface area (Å²) in [4.78, 5) is 22.1. The zero-order valence-corrected chi connectivity index (χ0v) is 13.2. The zero-order chi connectivity index (χ0) is 16.9. The van der Waals surface area contributed by atoms with Gasteiger partial charge in [0.1, 0.15) is 5.54 Å². The van der Waals surface area contributed by atoms with Crippen molar-refractivity contribution >= 4 is 23.2 Å². The SMILES string of the molecule is CC(C)[C@@](C)(C#N)NC(=O)COc1ccc(Cl)cc1[N+](=O)[O-]. The molecule has 0 fully saturated rings. The fourth-order valence-electron chi connectivity index (χ4n) is 1.53. The molecule has 1 aromatic rings. The summed E-state index contributed by atoms with van der Waals surface area (Å²) < 4.78 is 5.16. The molecular weight excluding hydrogens is 310 g/mol. The van der Waals surface area contributed by atoms with Gasteiger partial charge in [-0.3, -0.25) is 14.9 Å². The molecule has 0 saturated heterocycles. The van der Waals surface area contributed by atoms with Gasteiger partial charge >= 0.3 is 5.69 Å². The fraction of sp³-hybridized carbons (Fsp3) is 0.429. The predicted octanol–water partition coefficient (Wildman–Crippen LogP) is 2.68. The van der Waals surface area contributed by atoms with Gasteiger partial charge in [0, 0.05) is 11.1 Å². The molecule has 118 valence electrons. The Bertz CT molecular complexity index is 627. The summed E-state index contributed by atoms with van der Waals surface area (Å²) in [6.07, 6.45) is 0. The molecule has 7 nitrogen and oxygen atoms in total. The van der Waals surface area contributed by atoms with Crippen molar-refractivity contribution in [3.63, 3.8) is 0 Å². The molecule has 22 heavy (non-hydrogen) atoms. The molecule has 1 N–H and O–H groups in total.